The highest BCUT2D eigenvalue weighted by molar-refractivity contribution is 7.97. The third-order valence-corrected chi connectivity index (χ3v) is 9.22. The highest BCUT2D eigenvalue weighted by atomic mass is 35.5. The van der Waals surface area contributed by atoms with Gasteiger partial charge in [0.05, 0.1) is 22.7 Å². The molecule has 0 fully saturated rings. The Balaban J connectivity index is 1.36. The van der Waals surface area contributed by atoms with Gasteiger partial charge in [0, 0.05) is 42.9 Å². The number of rotatable bonds is 14. The van der Waals surface area contributed by atoms with Crippen LogP contribution in [-0.4, -0.2) is 34.3 Å². The highest BCUT2D eigenvalue weighted by Gasteiger charge is 2.34. The topological polar surface area (TPSA) is 17.4 Å². The van der Waals surface area contributed by atoms with E-state index in [2.05, 4.69) is 58.4 Å². The van der Waals surface area contributed by atoms with Gasteiger partial charge in [-0.25, -0.2) is 0 Å². The minimum absolute atomic E-state index is 0.0250. The molecule has 0 aliphatic heterocycles. The number of nitrogens with zero attached hydrogens (tertiary/aromatic N) is 2. The minimum atomic E-state index is -4.52. The van der Waals surface area contributed by atoms with Crippen LogP contribution >= 0.6 is 23.5 Å². The van der Waals surface area contributed by atoms with Crippen LogP contribution in [0.1, 0.15) is 47.9 Å². The van der Waals surface area contributed by atoms with Crippen LogP contribution in [0.4, 0.5) is 13.2 Å². The molecule has 3 nitrogen and oxygen atoms in total. The van der Waals surface area contributed by atoms with Crippen molar-refractivity contribution in [2.45, 2.75) is 38.4 Å². The predicted octanol–water partition coefficient (Wildman–Crippen LogP) is 10.3. The molecule has 44 heavy (non-hydrogen) atoms. The first-order valence-electron chi connectivity index (χ1n) is 14.9. The molecule has 0 amide bonds. The number of hydrogen-bond acceptors (Lipinski definition) is 3. The second kappa shape index (κ2) is 15.1. The number of fused-ring (bicyclic) bond motifs is 1. The van der Waals surface area contributed by atoms with Crippen LogP contribution in [0.2, 0.25) is 5.02 Å². The van der Waals surface area contributed by atoms with Gasteiger partial charge in [-0.15, -0.1) is 0 Å². The van der Waals surface area contributed by atoms with Crippen LogP contribution in [0.3, 0.4) is 0 Å². The molecule has 0 aliphatic rings. The number of halogens is 4. The fourth-order valence-electron chi connectivity index (χ4n) is 5.44. The second-order valence-electron chi connectivity index (χ2n) is 10.8. The second-order valence-corrected chi connectivity index (χ2v) is 12.2. The maximum atomic E-state index is 13.7. The molecule has 5 aromatic rings. The van der Waals surface area contributed by atoms with Crippen LogP contribution < -0.4 is 4.74 Å². The Morgan fingerprint density at radius 2 is 1.55 bits per heavy atom. The molecule has 0 N–H and O–H groups in total. The van der Waals surface area contributed by atoms with Gasteiger partial charge in [-0.1, -0.05) is 97.4 Å². The smallest absolute Gasteiger partial charge is 0.417 e. The summed E-state index contributed by atoms with van der Waals surface area (Å²) in [5.74, 6) is 1.89. The molecule has 0 saturated carbocycles. The lowest BCUT2D eigenvalue weighted by Crippen LogP contribution is -2.31. The lowest BCUT2D eigenvalue weighted by atomic mass is 9.90. The van der Waals surface area contributed by atoms with Gasteiger partial charge in [0.25, 0.3) is 0 Å². The van der Waals surface area contributed by atoms with E-state index in [0.29, 0.717) is 31.7 Å². The van der Waals surface area contributed by atoms with Crippen molar-refractivity contribution in [1.29, 1.82) is 0 Å². The molecule has 0 aliphatic carbocycles. The van der Waals surface area contributed by atoms with Gasteiger partial charge in [-0.2, -0.15) is 13.2 Å². The molecule has 1 heterocycles. The minimum Gasteiger partial charge on any atom is -0.493 e. The van der Waals surface area contributed by atoms with E-state index in [9.17, 15) is 13.2 Å². The van der Waals surface area contributed by atoms with Crippen LogP contribution in [0.5, 0.6) is 5.75 Å². The third-order valence-electron chi connectivity index (χ3n) is 7.59. The van der Waals surface area contributed by atoms with E-state index in [-0.39, 0.29) is 17.5 Å². The third kappa shape index (κ3) is 8.00. The van der Waals surface area contributed by atoms with E-state index in [1.807, 2.05) is 48.5 Å². The molecule has 5 rings (SSSR count). The quantitative estimate of drug-likeness (QED) is 0.113. The van der Waals surface area contributed by atoms with Gasteiger partial charge >= 0.3 is 6.18 Å². The summed E-state index contributed by atoms with van der Waals surface area (Å²) in [5, 5.41) is 0.825. The first kappa shape index (κ1) is 32.0. The van der Waals surface area contributed by atoms with E-state index in [1.165, 1.54) is 6.07 Å². The Labute approximate surface area is 266 Å². The zero-order chi connectivity index (χ0) is 30.9. The zero-order valence-electron chi connectivity index (χ0n) is 24.6. The van der Waals surface area contributed by atoms with Crippen molar-refractivity contribution in [3.63, 3.8) is 0 Å². The first-order chi connectivity index (χ1) is 21.3. The Hall–Kier alpha value is -3.39. The van der Waals surface area contributed by atoms with E-state index >= 15 is 0 Å². The molecule has 0 saturated heterocycles. The fraction of sp³-hybridized carbons (Fsp3) is 0.278. The molecular weight excluding hydrogens is 601 g/mol. The van der Waals surface area contributed by atoms with Crippen molar-refractivity contribution in [3.05, 3.63) is 137 Å². The molecule has 1 aromatic heterocycles. The van der Waals surface area contributed by atoms with Crippen molar-refractivity contribution in [3.8, 4) is 5.75 Å². The normalized spacial score (nSPS) is 12.0. The van der Waals surface area contributed by atoms with Gasteiger partial charge in [0.15, 0.2) is 0 Å². The van der Waals surface area contributed by atoms with Crippen LogP contribution in [0, 0.1) is 0 Å². The Morgan fingerprint density at radius 3 is 2.20 bits per heavy atom. The molecular formula is C36H36ClF3N2OS. The van der Waals surface area contributed by atoms with Crippen LogP contribution in [0.15, 0.2) is 109 Å². The van der Waals surface area contributed by atoms with Crippen LogP contribution in [-0.2, 0) is 12.7 Å². The predicted molar refractivity (Wildman–Crippen MR) is 177 cm³/mol. The number of ether oxygens (including phenoxy) is 1. The molecule has 0 unspecified atom stereocenters. The Kier molecular flexibility index (Phi) is 11.0. The van der Waals surface area contributed by atoms with Gasteiger partial charge in [0.2, 0.25) is 0 Å². The van der Waals surface area contributed by atoms with Crippen molar-refractivity contribution < 1.29 is 17.9 Å². The lowest BCUT2D eigenvalue weighted by Gasteiger charge is -2.29. The average molecular weight is 637 g/mol. The standard InChI is InChI=1S/C36H36ClF3N2OS/c1-2-24-44-42-22-20-30-33(42)18-10-19-34(30)43-23-11-21-41(25-29-16-9-17-32(35(29)37)36(38,39)40)26-31(27-12-5-3-6-13-27)28-14-7-4-8-15-28/h3-10,12-20,22,31H,2,11,21,23-26H2,1H3. The van der Waals surface area contributed by atoms with Crippen molar-refractivity contribution >= 4 is 34.5 Å². The fourth-order valence-corrected chi connectivity index (χ4v) is 6.56. The summed E-state index contributed by atoms with van der Waals surface area (Å²) in [7, 11) is 0. The van der Waals surface area contributed by atoms with Gasteiger partial charge in [0.1, 0.15) is 5.75 Å². The van der Waals surface area contributed by atoms with Gasteiger partial charge < -0.3 is 4.74 Å². The molecule has 230 valence electrons. The Bertz CT molecular complexity index is 1590. The summed E-state index contributed by atoms with van der Waals surface area (Å²) < 4.78 is 49.5. The van der Waals surface area contributed by atoms with Gasteiger partial charge in [-0.05, 0) is 65.7 Å². The summed E-state index contributed by atoms with van der Waals surface area (Å²) in [6.07, 6.45) is -0.657. The maximum absolute atomic E-state index is 13.7. The summed E-state index contributed by atoms with van der Waals surface area (Å²) in [5.41, 5.74) is 3.06. The number of hydrogen-bond donors (Lipinski definition) is 0. The van der Waals surface area contributed by atoms with Crippen LogP contribution in [0.25, 0.3) is 10.9 Å². The van der Waals surface area contributed by atoms with Crippen molar-refractivity contribution in [2.24, 2.45) is 0 Å². The van der Waals surface area contributed by atoms with Crippen molar-refractivity contribution in [1.82, 2.24) is 8.87 Å². The monoisotopic (exact) mass is 636 g/mol. The first-order valence-corrected chi connectivity index (χ1v) is 16.2. The lowest BCUT2D eigenvalue weighted by molar-refractivity contribution is -0.137. The van der Waals surface area contributed by atoms with Gasteiger partial charge in [-0.3, -0.25) is 8.87 Å². The molecule has 8 heteroatoms. The van der Waals surface area contributed by atoms with Crippen molar-refractivity contribution in [2.75, 3.05) is 25.4 Å². The summed E-state index contributed by atoms with van der Waals surface area (Å²) in [6, 6.07) is 32.8. The summed E-state index contributed by atoms with van der Waals surface area (Å²) in [6.45, 7) is 4.14. The molecule has 0 spiro atoms. The van der Waals surface area contributed by atoms with E-state index in [0.717, 1.165) is 46.0 Å². The number of benzene rings is 4. The number of alkyl halides is 3. The molecule has 0 bridgehead atoms. The maximum Gasteiger partial charge on any atom is 0.417 e. The SMILES string of the molecule is CCCSn1ccc2c(OCCCN(Cc3cccc(C(F)(F)F)c3Cl)CC(c3ccccc3)c3ccccc3)cccc21. The summed E-state index contributed by atoms with van der Waals surface area (Å²) >= 11 is 8.14. The zero-order valence-corrected chi connectivity index (χ0v) is 26.2. The molecule has 4 aromatic carbocycles. The Morgan fingerprint density at radius 1 is 0.864 bits per heavy atom. The van der Waals surface area contributed by atoms with E-state index in [1.54, 1.807) is 18.0 Å². The van der Waals surface area contributed by atoms with E-state index in [4.69, 9.17) is 16.3 Å². The highest BCUT2D eigenvalue weighted by Crippen LogP contribution is 2.37. The molecule has 0 atom stereocenters. The number of aromatic nitrogens is 1. The van der Waals surface area contributed by atoms with E-state index < -0.39 is 11.7 Å². The average Bonchev–Trinajstić information content (AvgIpc) is 3.45. The molecule has 0 radical (unpaired) electrons. The largest absolute Gasteiger partial charge is 0.493 e. The summed E-state index contributed by atoms with van der Waals surface area (Å²) in [4.78, 5) is 2.19.